The minimum Gasteiger partial charge on any atom is -0.392 e. The molecule has 1 aromatic heterocycles. The van der Waals surface area contributed by atoms with E-state index in [2.05, 4.69) is 15.5 Å². The van der Waals surface area contributed by atoms with Crippen LogP contribution in [0.1, 0.15) is 40.9 Å². The molecule has 2 amide bonds. The second-order valence-corrected chi connectivity index (χ2v) is 11.2. The van der Waals surface area contributed by atoms with Gasteiger partial charge in [0.1, 0.15) is 11.0 Å². The van der Waals surface area contributed by atoms with Crippen LogP contribution in [0.25, 0.3) is 0 Å². The lowest BCUT2D eigenvalue weighted by molar-refractivity contribution is -0.110. The quantitative estimate of drug-likeness (QED) is 0.451. The number of rotatable bonds is 7. The number of carbonyl (C=O) groups is 2. The molecule has 1 N–H and O–H groups in total. The first-order valence-electron chi connectivity index (χ1n) is 11.0. The first-order valence-corrected chi connectivity index (χ1v) is 13.7. The molecular weight excluding hydrogens is 480 g/mol. The van der Waals surface area contributed by atoms with E-state index in [-0.39, 0.29) is 27.7 Å². The number of oxime groups is 1. The molecule has 0 atom stereocenters. The highest BCUT2D eigenvalue weighted by Gasteiger charge is 2.24. The Bertz CT molecular complexity index is 1160. The molecule has 1 saturated carbocycles. The Kier molecular flexibility index (Phi) is 7.59. The number of benzene rings is 1. The third kappa shape index (κ3) is 5.99. The van der Waals surface area contributed by atoms with Crippen LogP contribution in [0.2, 0.25) is 0 Å². The lowest BCUT2D eigenvalue weighted by atomic mass is 10.1. The second kappa shape index (κ2) is 10.6. The number of aromatic nitrogens is 1. The third-order valence-corrected chi connectivity index (χ3v) is 7.63. The second-order valence-electron chi connectivity index (χ2n) is 8.14. The largest absolute Gasteiger partial charge is 0.392 e. The van der Waals surface area contributed by atoms with Gasteiger partial charge >= 0.3 is 0 Å². The van der Waals surface area contributed by atoms with Crippen LogP contribution in [-0.2, 0) is 24.2 Å². The highest BCUT2D eigenvalue weighted by molar-refractivity contribution is 7.90. The Morgan fingerprint density at radius 2 is 1.85 bits per heavy atom. The van der Waals surface area contributed by atoms with Crippen LogP contribution in [0.4, 0.5) is 5.13 Å². The first kappa shape index (κ1) is 24.3. The standard InChI is InChI=1S/C22H26N4O6S2/c1-34(29,30)17-8-6-15(7-9-17)19(25-32-16-4-2-3-5-16)20(27)24-22-23-14-18(33-22)21(28)26-10-12-31-13-11-26/h6-9,14,16H,2-5,10-13H2,1H3,(H,23,24,27)/b25-19+. The molecule has 1 aliphatic carbocycles. The number of hydrogen-bond acceptors (Lipinski definition) is 9. The number of anilines is 1. The van der Waals surface area contributed by atoms with Crippen molar-refractivity contribution in [3.05, 3.63) is 40.9 Å². The van der Waals surface area contributed by atoms with E-state index >= 15 is 0 Å². The molecule has 1 aromatic carbocycles. The van der Waals surface area contributed by atoms with Crippen molar-refractivity contribution in [3.63, 3.8) is 0 Å². The molecule has 1 aliphatic heterocycles. The molecule has 2 heterocycles. The van der Waals surface area contributed by atoms with Gasteiger partial charge in [0.05, 0.1) is 24.3 Å². The maximum absolute atomic E-state index is 13.1. The number of sulfone groups is 1. The van der Waals surface area contributed by atoms with Crippen LogP contribution in [0.15, 0.2) is 40.5 Å². The summed E-state index contributed by atoms with van der Waals surface area (Å²) in [6.07, 6.45) is 6.31. The summed E-state index contributed by atoms with van der Waals surface area (Å²) in [4.78, 5) is 37.8. The van der Waals surface area contributed by atoms with Crippen molar-refractivity contribution in [2.24, 2.45) is 5.16 Å². The van der Waals surface area contributed by atoms with Crippen molar-refractivity contribution in [2.75, 3.05) is 37.9 Å². The first-order chi connectivity index (χ1) is 16.3. The molecule has 0 unspecified atom stereocenters. The minimum atomic E-state index is -3.38. The zero-order valence-electron chi connectivity index (χ0n) is 18.7. The molecule has 0 spiro atoms. The van der Waals surface area contributed by atoms with Crippen molar-refractivity contribution in [1.82, 2.24) is 9.88 Å². The number of morpholine rings is 1. The van der Waals surface area contributed by atoms with Crippen LogP contribution in [-0.4, -0.2) is 74.5 Å². The summed E-state index contributed by atoms with van der Waals surface area (Å²) >= 11 is 1.07. The Balaban J connectivity index is 1.51. The summed E-state index contributed by atoms with van der Waals surface area (Å²) < 4.78 is 28.8. The van der Waals surface area contributed by atoms with Crippen LogP contribution in [0, 0.1) is 0 Å². The number of nitrogens with zero attached hydrogens (tertiary/aromatic N) is 3. The van der Waals surface area contributed by atoms with E-state index in [9.17, 15) is 18.0 Å². The van der Waals surface area contributed by atoms with Crippen LogP contribution in [0.5, 0.6) is 0 Å². The van der Waals surface area contributed by atoms with Gasteiger partial charge < -0.3 is 14.5 Å². The van der Waals surface area contributed by atoms with E-state index < -0.39 is 15.7 Å². The van der Waals surface area contributed by atoms with Gasteiger partial charge in [0.2, 0.25) is 0 Å². The third-order valence-electron chi connectivity index (χ3n) is 5.60. The van der Waals surface area contributed by atoms with Gasteiger partial charge in [0.15, 0.2) is 20.7 Å². The van der Waals surface area contributed by atoms with Gasteiger partial charge in [-0.05, 0) is 37.8 Å². The maximum Gasteiger partial charge on any atom is 0.280 e. The number of thiazole rings is 1. The monoisotopic (exact) mass is 506 g/mol. The summed E-state index contributed by atoms with van der Waals surface area (Å²) in [7, 11) is -3.38. The van der Waals surface area contributed by atoms with E-state index in [0.717, 1.165) is 43.3 Å². The Labute approximate surface area is 201 Å². The van der Waals surface area contributed by atoms with E-state index in [4.69, 9.17) is 9.57 Å². The van der Waals surface area contributed by atoms with Gasteiger partial charge in [-0.25, -0.2) is 13.4 Å². The fourth-order valence-electron chi connectivity index (χ4n) is 3.72. The van der Waals surface area contributed by atoms with Crippen LogP contribution < -0.4 is 5.32 Å². The summed E-state index contributed by atoms with van der Waals surface area (Å²) in [6.45, 7) is 2.01. The van der Waals surface area contributed by atoms with Crippen molar-refractivity contribution in [1.29, 1.82) is 0 Å². The fraction of sp³-hybridized carbons (Fsp3) is 0.455. The number of ether oxygens (including phenoxy) is 1. The molecule has 1 saturated heterocycles. The smallest absolute Gasteiger partial charge is 0.280 e. The molecule has 2 fully saturated rings. The lowest BCUT2D eigenvalue weighted by Gasteiger charge is -2.26. The van der Waals surface area contributed by atoms with E-state index in [1.807, 2.05) is 0 Å². The summed E-state index contributed by atoms with van der Waals surface area (Å²) in [5, 5.41) is 7.06. The number of nitrogens with one attached hydrogen (secondary N) is 1. The number of carbonyl (C=O) groups excluding carboxylic acids is 2. The lowest BCUT2D eigenvalue weighted by Crippen LogP contribution is -2.40. The Hall–Kier alpha value is -2.83. The normalized spacial score (nSPS) is 17.6. The minimum absolute atomic E-state index is 0.00297. The molecule has 34 heavy (non-hydrogen) atoms. The molecule has 12 heteroatoms. The van der Waals surface area contributed by atoms with E-state index in [0.29, 0.717) is 36.7 Å². The molecule has 182 valence electrons. The number of amides is 2. The zero-order valence-corrected chi connectivity index (χ0v) is 20.4. The SMILES string of the molecule is CS(=O)(=O)c1ccc(/C(=N\OC2CCCC2)C(=O)Nc2ncc(C(=O)N3CCOCC3)s2)cc1. The highest BCUT2D eigenvalue weighted by Crippen LogP contribution is 2.23. The average Bonchev–Trinajstić information content (AvgIpc) is 3.51. The fourth-order valence-corrected chi connectivity index (χ4v) is 5.13. The molecule has 0 radical (unpaired) electrons. The summed E-state index contributed by atoms with van der Waals surface area (Å²) in [5.74, 6) is -0.721. The highest BCUT2D eigenvalue weighted by atomic mass is 32.2. The van der Waals surface area contributed by atoms with Gasteiger partial charge in [-0.3, -0.25) is 14.9 Å². The van der Waals surface area contributed by atoms with Crippen LogP contribution in [0.3, 0.4) is 0 Å². The Morgan fingerprint density at radius 1 is 1.18 bits per heavy atom. The molecule has 2 aliphatic rings. The molecular formula is C22H26N4O6S2. The van der Waals surface area contributed by atoms with Crippen LogP contribution >= 0.6 is 11.3 Å². The maximum atomic E-state index is 13.1. The van der Waals surface area contributed by atoms with Gasteiger partial charge in [-0.2, -0.15) is 0 Å². The van der Waals surface area contributed by atoms with Gasteiger partial charge in [0.25, 0.3) is 11.8 Å². The van der Waals surface area contributed by atoms with E-state index in [1.165, 1.54) is 30.5 Å². The van der Waals surface area contributed by atoms with Gasteiger partial charge in [-0.15, -0.1) is 0 Å². The van der Waals surface area contributed by atoms with Crippen molar-refractivity contribution in [3.8, 4) is 0 Å². The van der Waals surface area contributed by atoms with Gasteiger partial charge in [0, 0.05) is 24.9 Å². The van der Waals surface area contributed by atoms with Gasteiger partial charge in [-0.1, -0.05) is 28.6 Å². The average molecular weight is 507 g/mol. The number of hydrogen-bond donors (Lipinski definition) is 1. The van der Waals surface area contributed by atoms with Crippen molar-refractivity contribution < 1.29 is 27.6 Å². The Morgan fingerprint density at radius 3 is 2.50 bits per heavy atom. The molecule has 2 aromatic rings. The van der Waals surface area contributed by atoms with Crippen molar-refractivity contribution >= 4 is 43.8 Å². The summed E-state index contributed by atoms with van der Waals surface area (Å²) in [6, 6.07) is 5.88. The van der Waals surface area contributed by atoms with E-state index in [1.54, 1.807) is 4.90 Å². The van der Waals surface area contributed by atoms with Crippen molar-refractivity contribution in [2.45, 2.75) is 36.7 Å². The predicted octanol–water partition coefficient (Wildman–Crippen LogP) is 2.32. The molecule has 0 bridgehead atoms. The zero-order chi connectivity index (χ0) is 24.1. The molecule has 4 rings (SSSR count). The predicted molar refractivity (Wildman–Crippen MR) is 127 cm³/mol. The topological polar surface area (TPSA) is 127 Å². The summed E-state index contributed by atoms with van der Waals surface area (Å²) in [5.41, 5.74) is 0.410. The molecule has 10 nitrogen and oxygen atoms in total.